The van der Waals surface area contributed by atoms with Gasteiger partial charge in [0.2, 0.25) is 5.91 Å². The van der Waals surface area contributed by atoms with Gasteiger partial charge in [-0.1, -0.05) is 12.2 Å². The van der Waals surface area contributed by atoms with Crippen LogP contribution in [0.25, 0.3) is 0 Å². The molecule has 1 amide bonds. The molecule has 1 aromatic carbocycles. The van der Waals surface area contributed by atoms with Gasteiger partial charge in [-0.15, -0.1) is 0 Å². The SMILES string of the molecule is CC(C)(CC(N)=O)Nc1ccc(C(N)=S)c(F)c1. The number of halogens is 1. The molecule has 5 N–H and O–H groups in total. The number of hydrogen-bond acceptors (Lipinski definition) is 3. The van der Waals surface area contributed by atoms with Crippen molar-refractivity contribution >= 4 is 28.8 Å². The van der Waals surface area contributed by atoms with E-state index in [4.69, 9.17) is 23.7 Å². The van der Waals surface area contributed by atoms with Gasteiger partial charge in [0.1, 0.15) is 10.8 Å². The third kappa shape index (κ3) is 3.96. The quantitative estimate of drug-likeness (QED) is 0.708. The minimum Gasteiger partial charge on any atom is -0.389 e. The molecular weight excluding hydrogens is 253 g/mol. The normalized spacial score (nSPS) is 11.1. The molecule has 0 aliphatic heterocycles. The van der Waals surface area contributed by atoms with Gasteiger partial charge in [0.25, 0.3) is 0 Å². The summed E-state index contributed by atoms with van der Waals surface area (Å²) in [7, 11) is 0. The van der Waals surface area contributed by atoms with E-state index in [1.165, 1.54) is 12.1 Å². The van der Waals surface area contributed by atoms with Crippen LogP contribution in [-0.2, 0) is 4.79 Å². The zero-order valence-corrected chi connectivity index (χ0v) is 11.1. The summed E-state index contributed by atoms with van der Waals surface area (Å²) >= 11 is 4.72. The molecule has 18 heavy (non-hydrogen) atoms. The summed E-state index contributed by atoms with van der Waals surface area (Å²) in [5, 5.41) is 3.03. The highest BCUT2D eigenvalue weighted by Gasteiger charge is 2.20. The molecule has 1 aromatic rings. The smallest absolute Gasteiger partial charge is 0.219 e. The number of thiocarbonyl (C=S) groups is 1. The molecule has 0 saturated heterocycles. The third-order valence-corrected chi connectivity index (χ3v) is 2.55. The Morgan fingerprint density at radius 3 is 2.50 bits per heavy atom. The summed E-state index contributed by atoms with van der Waals surface area (Å²) in [5.41, 5.74) is 10.7. The van der Waals surface area contributed by atoms with Crippen LogP contribution in [0.5, 0.6) is 0 Å². The van der Waals surface area contributed by atoms with Gasteiger partial charge in [-0.2, -0.15) is 0 Å². The first-order chi connectivity index (χ1) is 8.21. The van der Waals surface area contributed by atoms with E-state index >= 15 is 0 Å². The van der Waals surface area contributed by atoms with Crippen molar-refractivity contribution in [2.75, 3.05) is 5.32 Å². The van der Waals surface area contributed by atoms with Crippen LogP contribution in [0.1, 0.15) is 25.8 Å². The molecule has 1 rings (SSSR count). The van der Waals surface area contributed by atoms with Crippen molar-refractivity contribution in [1.82, 2.24) is 0 Å². The number of nitrogens with one attached hydrogen (secondary N) is 1. The Morgan fingerprint density at radius 1 is 1.44 bits per heavy atom. The lowest BCUT2D eigenvalue weighted by molar-refractivity contribution is -0.118. The minimum absolute atomic E-state index is 0.00967. The highest BCUT2D eigenvalue weighted by molar-refractivity contribution is 7.80. The summed E-state index contributed by atoms with van der Waals surface area (Å²) in [4.78, 5) is 10.9. The summed E-state index contributed by atoms with van der Waals surface area (Å²) in [6.45, 7) is 3.61. The lowest BCUT2D eigenvalue weighted by Gasteiger charge is -2.26. The molecule has 0 heterocycles. The average molecular weight is 269 g/mol. The van der Waals surface area contributed by atoms with Gasteiger partial charge >= 0.3 is 0 Å². The molecule has 0 atom stereocenters. The molecule has 0 bridgehead atoms. The van der Waals surface area contributed by atoms with Crippen LogP contribution < -0.4 is 16.8 Å². The molecule has 98 valence electrons. The van der Waals surface area contributed by atoms with Crippen molar-refractivity contribution in [2.24, 2.45) is 11.5 Å². The first-order valence-corrected chi connectivity index (χ1v) is 5.78. The van der Waals surface area contributed by atoms with Crippen LogP contribution in [0.3, 0.4) is 0 Å². The number of carbonyl (C=O) groups excluding carboxylic acids is 1. The van der Waals surface area contributed by atoms with E-state index in [0.717, 1.165) is 0 Å². The molecule has 0 unspecified atom stereocenters. The van der Waals surface area contributed by atoms with Gasteiger partial charge in [0.15, 0.2) is 0 Å². The first-order valence-electron chi connectivity index (χ1n) is 5.37. The maximum Gasteiger partial charge on any atom is 0.219 e. The Morgan fingerprint density at radius 2 is 2.06 bits per heavy atom. The van der Waals surface area contributed by atoms with E-state index in [-0.39, 0.29) is 17.0 Å². The number of primary amides is 1. The molecule has 0 aliphatic rings. The molecule has 0 spiro atoms. The standard InChI is InChI=1S/C12H16FN3OS/c1-12(2,6-10(14)17)16-7-3-4-8(11(15)18)9(13)5-7/h3-5,16H,6H2,1-2H3,(H2,14,17)(H2,15,18). The number of carbonyl (C=O) groups is 1. The number of hydrogen-bond donors (Lipinski definition) is 3. The maximum absolute atomic E-state index is 13.6. The molecule has 0 fully saturated rings. The van der Waals surface area contributed by atoms with Gasteiger partial charge < -0.3 is 16.8 Å². The zero-order chi connectivity index (χ0) is 13.9. The summed E-state index contributed by atoms with van der Waals surface area (Å²) in [6.07, 6.45) is 0.145. The van der Waals surface area contributed by atoms with Crippen molar-refractivity contribution in [2.45, 2.75) is 25.8 Å². The van der Waals surface area contributed by atoms with Crippen LogP contribution in [0, 0.1) is 5.82 Å². The largest absolute Gasteiger partial charge is 0.389 e. The average Bonchev–Trinajstić information content (AvgIpc) is 2.13. The lowest BCUT2D eigenvalue weighted by Crippen LogP contribution is -2.36. The van der Waals surface area contributed by atoms with E-state index in [1.807, 2.05) is 0 Å². The van der Waals surface area contributed by atoms with Gasteiger partial charge in [-0.3, -0.25) is 4.79 Å². The minimum atomic E-state index is -0.553. The predicted molar refractivity (Wildman–Crippen MR) is 73.8 cm³/mol. The number of rotatable bonds is 5. The Kier molecular flexibility index (Phi) is 4.24. The molecule has 4 nitrogen and oxygen atoms in total. The second-order valence-corrected chi connectivity index (χ2v) is 5.15. The van der Waals surface area contributed by atoms with Crippen LogP contribution >= 0.6 is 12.2 Å². The fraction of sp³-hybridized carbons (Fsp3) is 0.333. The molecule has 0 aromatic heterocycles. The molecule has 0 radical (unpaired) electrons. The van der Waals surface area contributed by atoms with Crippen molar-refractivity contribution in [1.29, 1.82) is 0 Å². The van der Waals surface area contributed by atoms with Crippen molar-refractivity contribution < 1.29 is 9.18 Å². The van der Waals surface area contributed by atoms with Gasteiger partial charge in [-0.05, 0) is 32.0 Å². The molecule has 0 saturated carbocycles. The molecular formula is C12H16FN3OS. The fourth-order valence-corrected chi connectivity index (χ4v) is 1.83. The Hall–Kier alpha value is -1.69. The van der Waals surface area contributed by atoms with E-state index < -0.39 is 17.3 Å². The third-order valence-electron chi connectivity index (χ3n) is 2.33. The van der Waals surface area contributed by atoms with Crippen LogP contribution in [0.4, 0.5) is 10.1 Å². The fourth-order valence-electron chi connectivity index (χ4n) is 1.66. The maximum atomic E-state index is 13.6. The van der Waals surface area contributed by atoms with Gasteiger partial charge in [0, 0.05) is 23.2 Å². The summed E-state index contributed by atoms with van der Waals surface area (Å²) in [5.74, 6) is -0.921. The summed E-state index contributed by atoms with van der Waals surface area (Å²) < 4.78 is 13.6. The van der Waals surface area contributed by atoms with E-state index in [0.29, 0.717) is 5.69 Å². The van der Waals surface area contributed by atoms with Crippen molar-refractivity contribution in [3.05, 3.63) is 29.6 Å². The predicted octanol–water partition coefficient (Wildman–Crippen LogP) is 1.53. The highest BCUT2D eigenvalue weighted by Crippen LogP contribution is 2.20. The highest BCUT2D eigenvalue weighted by atomic mass is 32.1. The van der Waals surface area contributed by atoms with Crippen LogP contribution in [0.2, 0.25) is 0 Å². The number of nitrogens with two attached hydrogens (primary N) is 2. The summed E-state index contributed by atoms with van der Waals surface area (Å²) in [6, 6.07) is 4.44. The van der Waals surface area contributed by atoms with Gasteiger partial charge in [-0.25, -0.2) is 4.39 Å². The second-order valence-electron chi connectivity index (χ2n) is 4.71. The van der Waals surface area contributed by atoms with Crippen LogP contribution in [0.15, 0.2) is 18.2 Å². The topological polar surface area (TPSA) is 81.1 Å². The first kappa shape index (κ1) is 14.4. The van der Waals surface area contributed by atoms with E-state index in [9.17, 15) is 9.18 Å². The van der Waals surface area contributed by atoms with Gasteiger partial charge in [0.05, 0.1) is 0 Å². The number of benzene rings is 1. The monoisotopic (exact) mass is 269 g/mol. The van der Waals surface area contributed by atoms with Crippen molar-refractivity contribution in [3.8, 4) is 0 Å². The second kappa shape index (κ2) is 5.30. The Balaban J connectivity index is 2.89. The van der Waals surface area contributed by atoms with E-state index in [2.05, 4.69) is 5.32 Å². The lowest BCUT2D eigenvalue weighted by atomic mass is 9.99. The zero-order valence-electron chi connectivity index (χ0n) is 10.3. The Bertz CT molecular complexity index is 488. The van der Waals surface area contributed by atoms with Crippen molar-refractivity contribution in [3.63, 3.8) is 0 Å². The Labute approximate surface area is 111 Å². The number of amides is 1. The van der Waals surface area contributed by atoms with Crippen LogP contribution in [-0.4, -0.2) is 16.4 Å². The molecule has 0 aliphatic carbocycles. The molecule has 6 heteroatoms. The number of anilines is 1. The van der Waals surface area contributed by atoms with E-state index in [1.54, 1.807) is 19.9 Å².